The van der Waals surface area contributed by atoms with E-state index in [1.165, 1.54) is 0 Å². The fraction of sp³-hybridized carbons (Fsp3) is 0.364. The predicted octanol–water partition coefficient (Wildman–Crippen LogP) is 1.46. The first-order valence-electron chi connectivity index (χ1n) is 4.52. The maximum Gasteiger partial charge on any atom is 0.136 e. The van der Waals surface area contributed by atoms with Crippen LogP contribution in [0.2, 0.25) is 0 Å². The van der Waals surface area contributed by atoms with E-state index in [2.05, 4.69) is 0 Å². The zero-order chi connectivity index (χ0) is 10.7. The summed E-state index contributed by atoms with van der Waals surface area (Å²) < 4.78 is 0. The minimum atomic E-state index is 0.0606. The van der Waals surface area contributed by atoms with Crippen LogP contribution >= 0.6 is 0 Å². The van der Waals surface area contributed by atoms with Crippen LogP contribution in [0.3, 0.4) is 0 Å². The van der Waals surface area contributed by atoms with Crippen molar-refractivity contribution in [3.8, 4) is 11.8 Å². The molecule has 3 heteroatoms. The molecule has 0 amide bonds. The van der Waals surface area contributed by atoms with Crippen LogP contribution in [0.15, 0.2) is 12.1 Å². The highest BCUT2D eigenvalue weighted by Crippen LogP contribution is 2.23. The van der Waals surface area contributed by atoms with Gasteiger partial charge < -0.3 is 10.8 Å². The van der Waals surface area contributed by atoms with Gasteiger partial charge in [0, 0.05) is 6.04 Å². The van der Waals surface area contributed by atoms with Crippen molar-refractivity contribution in [1.82, 2.24) is 0 Å². The maximum atomic E-state index is 9.50. The standard InChI is InChI=1S/C11H14N2O/c1-7-3-9(4-8(2)13)5-10(6-12)11(7)14/h3,5,8,14H,4,13H2,1-2H3. The van der Waals surface area contributed by atoms with Crippen molar-refractivity contribution >= 4 is 0 Å². The molecule has 0 bridgehead atoms. The molecule has 0 radical (unpaired) electrons. The van der Waals surface area contributed by atoms with Crippen molar-refractivity contribution in [2.75, 3.05) is 0 Å². The van der Waals surface area contributed by atoms with Crippen molar-refractivity contribution in [2.45, 2.75) is 26.3 Å². The average molecular weight is 190 g/mol. The monoisotopic (exact) mass is 190 g/mol. The van der Waals surface area contributed by atoms with E-state index in [1.807, 2.05) is 19.1 Å². The first kappa shape index (κ1) is 10.6. The number of hydrogen-bond donors (Lipinski definition) is 2. The molecule has 0 aliphatic rings. The summed E-state index contributed by atoms with van der Waals surface area (Å²) >= 11 is 0. The van der Waals surface area contributed by atoms with Crippen LogP contribution in [0, 0.1) is 18.3 Å². The Hall–Kier alpha value is -1.53. The van der Waals surface area contributed by atoms with Crippen molar-refractivity contribution in [3.05, 3.63) is 28.8 Å². The van der Waals surface area contributed by atoms with E-state index in [0.29, 0.717) is 5.56 Å². The van der Waals surface area contributed by atoms with Gasteiger partial charge in [-0.3, -0.25) is 0 Å². The Labute approximate surface area is 83.8 Å². The van der Waals surface area contributed by atoms with Crippen molar-refractivity contribution in [1.29, 1.82) is 5.26 Å². The second-order valence-corrected chi connectivity index (χ2v) is 3.60. The smallest absolute Gasteiger partial charge is 0.136 e. The molecule has 0 aliphatic carbocycles. The fourth-order valence-corrected chi connectivity index (χ4v) is 1.43. The van der Waals surface area contributed by atoms with E-state index >= 15 is 0 Å². The van der Waals surface area contributed by atoms with Crippen LogP contribution in [0.1, 0.15) is 23.6 Å². The van der Waals surface area contributed by atoms with Crippen molar-refractivity contribution < 1.29 is 5.11 Å². The molecule has 0 saturated heterocycles. The van der Waals surface area contributed by atoms with Gasteiger partial charge in [-0.15, -0.1) is 0 Å². The lowest BCUT2D eigenvalue weighted by atomic mass is 10.0. The summed E-state index contributed by atoms with van der Waals surface area (Å²) in [6.07, 6.45) is 0.718. The summed E-state index contributed by atoms with van der Waals surface area (Å²) in [5.41, 5.74) is 7.69. The normalized spacial score (nSPS) is 12.1. The predicted molar refractivity (Wildman–Crippen MR) is 54.9 cm³/mol. The summed E-state index contributed by atoms with van der Waals surface area (Å²) in [6, 6.07) is 5.57. The summed E-state index contributed by atoms with van der Waals surface area (Å²) in [5.74, 6) is 0.0703. The Bertz CT molecular complexity index is 378. The molecule has 3 nitrogen and oxygen atoms in total. The first-order chi connectivity index (χ1) is 6.54. The Morgan fingerprint density at radius 3 is 2.71 bits per heavy atom. The molecular weight excluding hydrogens is 176 g/mol. The zero-order valence-electron chi connectivity index (χ0n) is 8.41. The number of aryl methyl sites for hydroxylation is 1. The fourth-order valence-electron chi connectivity index (χ4n) is 1.43. The van der Waals surface area contributed by atoms with Crippen LogP contribution < -0.4 is 5.73 Å². The van der Waals surface area contributed by atoms with E-state index in [0.717, 1.165) is 17.5 Å². The number of phenols is 1. The van der Waals surface area contributed by atoms with E-state index in [1.54, 1.807) is 13.0 Å². The number of aromatic hydroxyl groups is 1. The second kappa shape index (κ2) is 4.12. The van der Waals surface area contributed by atoms with E-state index in [-0.39, 0.29) is 11.8 Å². The number of nitrogens with two attached hydrogens (primary N) is 1. The highest BCUT2D eigenvalue weighted by Gasteiger charge is 2.07. The molecule has 1 aromatic carbocycles. The van der Waals surface area contributed by atoms with Gasteiger partial charge in [0.1, 0.15) is 11.8 Å². The van der Waals surface area contributed by atoms with Gasteiger partial charge in [0.2, 0.25) is 0 Å². The topological polar surface area (TPSA) is 70.0 Å². The van der Waals surface area contributed by atoms with Gasteiger partial charge in [-0.05, 0) is 37.5 Å². The van der Waals surface area contributed by atoms with Gasteiger partial charge in [-0.1, -0.05) is 6.07 Å². The molecule has 1 atom stereocenters. The van der Waals surface area contributed by atoms with E-state index in [4.69, 9.17) is 11.0 Å². The third kappa shape index (κ3) is 2.24. The van der Waals surface area contributed by atoms with E-state index in [9.17, 15) is 5.11 Å². The van der Waals surface area contributed by atoms with Gasteiger partial charge in [0.15, 0.2) is 0 Å². The zero-order valence-corrected chi connectivity index (χ0v) is 8.41. The van der Waals surface area contributed by atoms with Gasteiger partial charge in [-0.25, -0.2) is 0 Å². The quantitative estimate of drug-likeness (QED) is 0.741. The molecule has 0 aromatic heterocycles. The molecule has 74 valence electrons. The largest absolute Gasteiger partial charge is 0.506 e. The summed E-state index contributed by atoms with van der Waals surface area (Å²) in [6.45, 7) is 3.69. The molecule has 1 aromatic rings. The number of hydrogen-bond acceptors (Lipinski definition) is 3. The van der Waals surface area contributed by atoms with Crippen LogP contribution in [0.25, 0.3) is 0 Å². The first-order valence-corrected chi connectivity index (χ1v) is 4.52. The second-order valence-electron chi connectivity index (χ2n) is 3.60. The lowest BCUT2D eigenvalue weighted by molar-refractivity contribution is 0.469. The van der Waals surface area contributed by atoms with Crippen LogP contribution in [-0.2, 0) is 6.42 Å². The highest BCUT2D eigenvalue weighted by atomic mass is 16.3. The van der Waals surface area contributed by atoms with Crippen LogP contribution in [0.4, 0.5) is 0 Å². The minimum Gasteiger partial charge on any atom is -0.506 e. The lowest BCUT2D eigenvalue weighted by Crippen LogP contribution is -2.17. The molecule has 0 heterocycles. The number of rotatable bonds is 2. The Morgan fingerprint density at radius 2 is 2.21 bits per heavy atom. The summed E-state index contributed by atoms with van der Waals surface area (Å²) in [7, 11) is 0. The molecule has 0 saturated carbocycles. The van der Waals surface area contributed by atoms with Crippen LogP contribution in [-0.4, -0.2) is 11.1 Å². The number of nitriles is 1. The number of phenolic OH excluding ortho intramolecular Hbond substituents is 1. The minimum absolute atomic E-state index is 0.0606. The van der Waals surface area contributed by atoms with Gasteiger partial charge in [0.25, 0.3) is 0 Å². The molecule has 1 rings (SSSR count). The summed E-state index contributed by atoms with van der Waals surface area (Å²) in [5, 5.41) is 18.3. The third-order valence-electron chi connectivity index (χ3n) is 2.04. The van der Waals surface area contributed by atoms with Crippen molar-refractivity contribution in [2.24, 2.45) is 5.73 Å². The Morgan fingerprint density at radius 1 is 1.57 bits per heavy atom. The Balaban J connectivity index is 3.11. The van der Waals surface area contributed by atoms with E-state index < -0.39 is 0 Å². The van der Waals surface area contributed by atoms with Gasteiger partial charge in [-0.2, -0.15) is 5.26 Å². The third-order valence-corrected chi connectivity index (χ3v) is 2.04. The molecule has 0 fully saturated rings. The van der Waals surface area contributed by atoms with Gasteiger partial charge >= 0.3 is 0 Å². The number of benzene rings is 1. The molecule has 14 heavy (non-hydrogen) atoms. The molecular formula is C11H14N2O. The number of nitrogens with zero attached hydrogens (tertiary/aromatic N) is 1. The average Bonchev–Trinajstić information content (AvgIpc) is 2.10. The van der Waals surface area contributed by atoms with Crippen LogP contribution in [0.5, 0.6) is 5.75 Å². The van der Waals surface area contributed by atoms with Crippen molar-refractivity contribution in [3.63, 3.8) is 0 Å². The lowest BCUT2D eigenvalue weighted by Gasteiger charge is -2.08. The summed E-state index contributed by atoms with van der Waals surface area (Å²) in [4.78, 5) is 0. The maximum absolute atomic E-state index is 9.50. The molecule has 0 spiro atoms. The SMILES string of the molecule is Cc1cc(CC(C)N)cc(C#N)c1O. The molecule has 0 aliphatic heterocycles. The Kier molecular flexibility index (Phi) is 3.10. The van der Waals surface area contributed by atoms with Gasteiger partial charge in [0.05, 0.1) is 5.56 Å². The molecule has 1 unspecified atom stereocenters. The highest BCUT2D eigenvalue weighted by molar-refractivity contribution is 5.49. The molecule has 3 N–H and O–H groups in total.